The van der Waals surface area contributed by atoms with E-state index in [1.165, 1.54) is 6.92 Å². The van der Waals surface area contributed by atoms with Crippen molar-refractivity contribution in [2.75, 3.05) is 5.73 Å². The van der Waals surface area contributed by atoms with E-state index in [1.807, 2.05) is 24.3 Å². The quantitative estimate of drug-likeness (QED) is 0.382. The number of nitrogens with two attached hydrogens (primary N) is 1. The number of esters is 1. The summed E-state index contributed by atoms with van der Waals surface area (Å²) in [7, 11) is 0. The minimum atomic E-state index is -0.362. The lowest BCUT2D eigenvalue weighted by molar-refractivity contribution is -0.196. The second-order valence-electron chi connectivity index (χ2n) is 8.22. The lowest BCUT2D eigenvalue weighted by Gasteiger charge is -2.44. The second kappa shape index (κ2) is 9.27. The molecule has 0 saturated carbocycles. The van der Waals surface area contributed by atoms with Crippen LogP contribution in [0, 0.1) is 11.8 Å². The molecule has 0 aromatic heterocycles. The number of anilines is 1. The number of ether oxygens (including phenoxy) is 2. The highest BCUT2D eigenvalue weighted by atomic mass is 35.5. The number of hydrogen-bond acceptors (Lipinski definition) is 5. The number of hydrogen-bond donors (Lipinski definition) is 2. The third-order valence-corrected chi connectivity index (χ3v) is 6.51. The third kappa shape index (κ3) is 4.73. The van der Waals surface area contributed by atoms with Crippen molar-refractivity contribution < 1.29 is 19.4 Å². The van der Waals surface area contributed by atoms with Crippen LogP contribution in [0.1, 0.15) is 56.9 Å². The van der Waals surface area contributed by atoms with Crippen molar-refractivity contribution in [1.82, 2.24) is 0 Å². The van der Waals surface area contributed by atoms with Crippen LogP contribution in [0.4, 0.5) is 5.69 Å². The topological polar surface area (TPSA) is 81.8 Å². The Hall–Kier alpha value is -2.24. The normalized spacial score (nSPS) is 26.4. The molecule has 3 N–H and O–H groups in total. The van der Waals surface area contributed by atoms with Gasteiger partial charge >= 0.3 is 5.97 Å². The Bertz CT molecular complexity index is 916. The number of benzene rings is 2. The van der Waals surface area contributed by atoms with Gasteiger partial charge in [-0.15, -0.1) is 0 Å². The van der Waals surface area contributed by atoms with Gasteiger partial charge in [-0.05, 0) is 53.6 Å². The van der Waals surface area contributed by atoms with Crippen molar-refractivity contribution in [2.45, 2.75) is 58.8 Å². The smallest absolute Gasteiger partial charge is 0.303 e. The average Bonchev–Trinajstić information content (AvgIpc) is 2.70. The number of nitrogen functional groups attached to an aromatic ring is 1. The number of carbonyl (C=O) groups is 1. The molecule has 2 aromatic carbocycles. The Morgan fingerprint density at radius 2 is 1.93 bits per heavy atom. The number of halogens is 1. The molecular formula is C24H30ClNO4. The molecule has 6 heteroatoms. The van der Waals surface area contributed by atoms with Crippen LogP contribution in [0.15, 0.2) is 36.4 Å². The second-order valence-corrected chi connectivity index (χ2v) is 8.62. The fraction of sp³-hybridized carbons (Fsp3) is 0.458. The first-order valence-corrected chi connectivity index (χ1v) is 10.8. The maximum absolute atomic E-state index is 11.8. The van der Waals surface area contributed by atoms with Crippen LogP contribution < -0.4 is 5.73 Å². The van der Waals surface area contributed by atoms with Crippen LogP contribution in [0.5, 0.6) is 5.75 Å². The fourth-order valence-corrected chi connectivity index (χ4v) is 4.43. The molecule has 5 nitrogen and oxygen atoms in total. The maximum Gasteiger partial charge on any atom is 0.303 e. The van der Waals surface area contributed by atoms with Crippen molar-refractivity contribution in [2.24, 2.45) is 11.8 Å². The summed E-state index contributed by atoms with van der Waals surface area (Å²) < 4.78 is 12.1. The van der Waals surface area contributed by atoms with Crippen LogP contribution in [-0.4, -0.2) is 23.3 Å². The van der Waals surface area contributed by atoms with Crippen LogP contribution in [0.2, 0.25) is 5.02 Å². The summed E-state index contributed by atoms with van der Waals surface area (Å²) in [6.45, 7) is 7.81. The minimum absolute atomic E-state index is 0.0622. The van der Waals surface area contributed by atoms with Gasteiger partial charge in [-0.3, -0.25) is 4.79 Å². The molecule has 30 heavy (non-hydrogen) atoms. The minimum Gasteiger partial charge on any atom is -0.506 e. The lowest BCUT2D eigenvalue weighted by atomic mass is 9.78. The van der Waals surface area contributed by atoms with Gasteiger partial charge in [0.1, 0.15) is 18.0 Å². The van der Waals surface area contributed by atoms with Gasteiger partial charge in [-0.1, -0.05) is 50.6 Å². The molecule has 2 aromatic rings. The van der Waals surface area contributed by atoms with Crippen molar-refractivity contribution in [3.63, 3.8) is 0 Å². The summed E-state index contributed by atoms with van der Waals surface area (Å²) in [6.07, 6.45) is 0.824. The van der Waals surface area contributed by atoms with E-state index in [2.05, 4.69) is 20.8 Å². The predicted molar refractivity (Wildman–Crippen MR) is 119 cm³/mol. The molecule has 1 saturated heterocycles. The highest BCUT2D eigenvalue weighted by molar-refractivity contribution is 6.31. The van der Waals surface area contributed by atoms with Gasteiger partial charge in [0.15, 0.2) is 0 Å². The first-order chi connectivity index (χ1) is 14.2. The van der Waals surface area contributed by atoms with Crippen molar-refractivity contribution in [1.29, 1.82) is 0 Å². The highest BCUT2D eigenvalue weighted by Gasteiger charge is 2.43. The number of phenols is 1. The van der Waals surface area contributed by atoms with Crippen LogP contribution in [0.25, 0.3) is 0 Å². The molecule has 1 aliphatic heterocycles. The van der Waals surface area contributed by atoms with Gasteiger partial charge in [-0.2, -0.15) is 0 Å². The number of phenolic OH excluding ortho intramolecular Hbond substituents is 1. The molecule has 0 aliphatic carbocycles. The molecule has 0 radical (unpaired) electrons. The van der Waals surface area contributed by atoms with Crippen molar-refractivity contribution in [3.05, 3.63) is 58.1 Å². The van der Waals surface area contributed by atoms with Crippen molar-refractivity contribution in [3.8, 4) is 5.75 Å². The predicted octanol–water partition coefficient (Wildman–Crippen LogP) is 5.27. The number of rotatable bonds is 5. The van der Waals surface area contributed by atoms with Crippen LogP contribution in [0.3, 0.4) is 0 Å². The summed E-state index contributed by atoms with van der Waals surface area (Å²) in [5.41, 5.74) is 8.96. The molecule has 0 amide bonds. The summed E-state index contributed by atoms with van der Waals surface area (Å²) in [6, 6.07) is 11.0. The van der Waals surface area contributed by atoms with E-state index in [-0.39, 0.29) is 41.9 Å². The largest absolute Gasteiger partial charge is 0.506 e. The molecular weight excluding hydrogens is 402 g/mol. The van der Waals surface area contributed by atoms with Gasteiger partial charge in [0, 0.05) is 17.9 Å². The third-order valence-electron chi connectivity index (χ3n) is 6.14. The standard InChI is InChI=1S/C24H30ClNO4/c1-5-22-13(2)14(3)23(29-15(4)27)24(30-22)17-7-8-19(25)18(12-17)10-16-6-9-21(28)20(26)11-16/h6-9,11-14,22-24,28H,5,10,26H2,1-4H3/t13?,14-,22+,23+,24-/m0/s1. The number of aromatic hydroxyl groups is 1. The Labute approximate surface area is 183 Å². The summed E-state index contributed by atoms with van der Waals surface area (Å²) in [5.74, 6) is 0.194. The molecule has 0 spiro atoms. The molecule has 0 bridgehead atoms. The maximum atomic E-state index is 11.8. The van der Waals surface area contributed by atoms with E-state index in [0.717, 1.165) is 23.1 Å². The van der Waals surface area contributed by atoms with Gasteiger partial charge in [0.25, 0.3) is 0 Å². The SMILES string of the molecule is CC[C@H]1O[C@@H](c2ccc(Cl)c(Cc3ccc(O)c(N)c3)c2)[C@H](OC(C)=O)[C@@H](C)C1C. The van der Waals surface area contributed by atoms with E-state index >= 15 is 0 Å². The summed E-state index contributed by atoms with van der Waals surface area (Å²) >= 11 is 6.48. The summed E-state index contributed by atoms with van der Waals surface area (Å²) in [4.78, 5) is 11.8. The van der Waals surface area contributed by atoms with Crippen LogP contribution >= 0.6 is 11.6 Å². The molecule has 5 atom stereocenters. The zero-order valence-electron chi connectivity index (χ0n) is 17.9. The molecule has 3 rings (SSSR count). The highest BCUT2D eigenvalue weighted by Crippen LogP contribution is 2.42. The van der Waals surface area contributed by atoms with E-state index < -0.39 is 0 Å². The Kier molecular flexibility index (Phi) is 6.94. The lowest BCUT2D eigenvalue weighted by Crippen LogP contribution is -2.46. The fourth-order valence-electron chi connectivity index (χ4n) is 4.24. The first kappa shape index (κ1) is 22.4. The zero-order chi connectivity index (χ0) is 22.0. The van der Waals surface area contributed by atoms with Gasteiger partial charge in [0.2, 0.25) is 0 Å². The molecule has 1 unspecified atom stereocenters. The van der Waals surface area contributed by atoms with Gasteiger partial charge in [-0.25, -0.2) is 0 Å². The van der Waals surface area contributed by atoms with E-state index in [9.17, 15) is 9.90 Å². The molecule has 1 heterocycles. The zero-order valence-corrected chi connectivity index (χ0v) is 18.6. The summed E-state index contributed by atoms with van der Waals surface area (Å²) in [5, 5.41) is 10.3. The van der Waals surface area contributed by atoms with E-state index in [4.69, 9.17) is 26.8 Å². The molecule has 1 aliphatic rings. The van der Waals surface area contributed by atoms with Gasteiger partial charge < -0.3 is 20.3 Å². The monoisotopic (exact) mass is 431 g/mol. The Balaban J connectivity index is 1.95. The van der Waals surface area contributed by atoms with Gasteiger partial charge in [0.05, 0.1) is 11.8 Å². The molecule has 162 valence electrons. The average molecular weight is 432 g/mol. The molecule has 1 fully saturated rings. The Morgan fingerprint density at radius 3 is 2.57 bits per heavy atom. The first-order valence-electron chi connectivity index (χ1n) is 10.4. The van der Waals surface area contributed by atoms with Crippen molar-refractivity contribution >= 4 is 23.3 Å². The Morgan fingerprint density at radius 1 is 1.20 bits per heavy atom. The van der Waals surface area contributed by atoms with Crippen LogP contribution in [-0.2, 0) is 20.7 Å². The number of carbonyl (C=O) groups excluding carboxylic acids is 1. The van der Waals surface area contributed by atoms with E-state index in [1.54, 1.807) is 12.1 Å². The van der Waals surface area contributed by atoms with E-state index in [0.29, 0.717) is 17.1 Å².